The van der Waals surface area contributed by atoms with Crippen molar-refractivity contribution in [2.75, 3.05) is 19.6 Å². The number of benzene rings is 1. The third-order valence-electron chi connectivity index (χ3n) is 3.84. The van der Waals surface area contributed by atoms with Crippen LogP contribution in [0, 0.1) is 0 Å². The minimum atomic E-state index is -0.00564. The molecule has 21 heavy (non-hydrogen) atoms. The van der Waals surface area contributed by atoms with Gasteiger partial charge < -0.3 is 16.0 Å². The van der Waals surface area contributed by atoms with E-state index in [0.29, 0.717) is 12.1 Å². The molecular formula is C17H29N3O. The van der Waals surface area contributed by atoms with Gasteiger partial charge >= 0.3 is 0 Å². The standard InChI is InChI=1S/C17H29N3O/c1-4-20(5-2)12-6-7-14(3)19-17(21)16-10-8-15(13-18)9-11-16/h8-11,14H,4-7,12-13,18H2,1-3H3,(H,19,21). The van der Waals surface area contributed by atoms with E-state index >= 15 is 0 Å². The third-order valence-corrected chi connectivity index (χ3v) is 3.84. The first-order chi connectivity index (χ1) is 10.1. The Labute approximate surface area is 128 Å². The summed E-state index contributed by atoms with van der Waals surface area (Å²) in [6.45, 7) is 10.2. The number of amides is 1. The SMILES string of the molecule is CCN(CC)CCCC(C)NC(=O)c1ccc(CN)cc1. The number of carbonyl (C=O) groups excluding carboxylic acids is 1. The van der Waals surface area contributed by atoms with Crippen molar-refractivity contribution in [3.8, 4) is 0 Å². The van der Waals surface area contributed by atoms with E-state index in [4.69, 9.17) is 5.73 Å². The lowest BCUT2D eigenvalue weighted by Gasteiger charge is -2.19. The van der Waals surface area contributed by atoms with E-state index in [2.05, 4.69) is 31.0 Å². The Balaban J connectivity index is 2.35. The van der Waals surface area contributed by atoms with Crippen LogP contribution in [0.1, 0.15) is 49.5 Å². The molecule has 1 aromatic carbocycles. The summed E-state index contributed by atoms with van der Waals surface area (Å²) < 4.78 is 0. The Hall–Kier alpha value is -1.39. The van der Waals surface area contributed by atoms with Gasteiger partial charge in [0.15, 0.2) is 0 Å². The maximum absolute atomic E-state index is 12.1. The van der Waals surface area contributed by atoms with Crippen LogP contribution >= 0.6 is 0 Å². The number of nitrogens with two attached hydrogens (primary N) is 1. The van der Waals surface area contributed by atoms with Gasteiger partial charge in [0.1, 0.15) is 0 Å². The van der Waals surface area contributed by atoms with Crippen molar-refractivity contribution in [2.24, 2.45) is 5.73 Å². The second kappa shape index (κ2) is 9.53. The fourth-order valence-electron chi connectivity index (χ4n) is 2.33. The first-order valence-corrected chi connectivity index (χ1v) is 7.92. The molecule has 118 valence electrons. The zero-order valence-corrected chi connectivity index (χ0v) is 13.6. The minimum absolute atomic E-state index is 0.00564. The van der Waals surface area contributed by atoms with E-state index in [0.717, 1.165) is 38.0 Å². The molecule has 0 saturated heterocycles. The molecule has 0 spiro atoms. The smallest absolute Gasteiger partial charge is 0.251 e. The highest BCUT2D eigenvalue weighted by atomic mass is 16.1. The highest BCUT2D eigenvalue weighted by molar-refractivity contribution is 5.94. The van der Waals surface area contributed by atoms with Gasteiger partial charge in [-0.1, -0.05) is 26.0 Å². The molecule has 0 saturated carbocycles. The summed E-state index contributed by atoms with van der Waals surface area (Å²) in [7, 11) is 0. The van der Waals surface area contributed by atoms with Gasteiger partial charge in [-0.05, 0) is 57.1 Å². The molecular weight excluding hydrogens is 262 g/mol. The summed E-state index contributed by atoms with van der Waals surface area (Å²) in [6.07, 6.45) is 2.11. The molecule has 0 radical (unpaired) electrons. The summed E-state index contributed by atoms with van der Waals surface area (Å²) >= 11 is 0. The zero-order chi connectivity index (χ0) is 15.7. The lowest BCUT2D eigenvalue weighted by atomic mass is 10.1. The highest BCUT2D eigenvalue weighted by Gasteiger charge is 2.10. The fraction of sp³-hybridized carbons (Fsp3) is 0.588. The molecule has 0 aliphatic rings. The van der Waals surface area contributed by atoms with Crippen molar-refractivity contribution in [1.82, 2.24) is 10.2 Å². The predicted octanol–water partition coefficient (Wildman–Crippen LogP) is 2.39. The van der Waals surface area contributed by atoms with Gasteiger partial charge in [-0.25, -0.2) is 0 Å². The van der Waals surface area contributed by atoms with Gasteiger partial charge in [0, 0.05) is 18.2 Å². The summed E-state index contributed by atoms with van der Waals surface area (Å²) in [5, 5.41) is 3.05. The van der Waals surface area contributed by atoms with Crippen LogP contribution in [0.25, 0.3) is 0 Å². The highest BCUT2D eigenvalue weighted by Crippen LogP contribution is 2.05. The average molecular weight is 291 g/mol. The average Bonchev–Trinajstić information content (AvgIpc) is 2.51. The molecule has 0 aliphatic carbocycles. The van der Waals surface area contributed by atoms with Gasteiger partial charge in [-0.3, -0.25) is 4.79 Å². The van der Waals surface area contributed by atoms with Crippen LogP contribution in [-0.2, 0) is 6.54 Å². The lowest BCUT2D eigenvalue weighted by molar-refractivity contribution is 0.0937. The number of rotatable bonds is 9. The third kappa shape index (κ3) is 6.27. The molecule has 4 heteroatoms. The normalized spacial score (nSPS) is 12.4. The van der Waals surface area contributed by atoms with E-state index in [-0.39, 0.29) is 11.9 Å². The largest absolute Gasteiger partial charge is 0.350 e. The molecule has 1 unspecified atom stereocenters. The van der Waals surface area contributed by atoms with Crippen LogP contribution in [0.5, 0.6) is 0 Å². The molecule has 1 amide bonds. The van der Waals surface area contributed by atoms with Gasteiger partial charge in [0.05, 0.1) is 0 Å². The van der Waals surface area contributed by atoms with Crippen LogP contribution in [0.2, 0.25) is 0 Å². The Morgan fingerprint density at radius 1 is 1.24 bits per heavy atom. The molecule has 3 N–H and O–H groups in total. The molecule has 4 nitrogen and oxygen atoms in total. The minimum Gasteiger partial charge on any atom is -0.350 e. The Bertz CT molecular complexity index is 413. The second-order valence-corrected chi connectivity index (χ2v) is 5.44. The van der Waals surface area contributed by atoms with Crippen LogP contribution in [0.15, 0.2) is 24.3 Å². The summed E-state index contributed by atoms with van der Waals surface area (Å²) in [6, 6.07) is 7.67. The molecule has 0 heterocycles. The predicted molar refractivity (Wildman–Crippen MR) is 88.3 cm³/mol. The van der Waals surface area contributed by atoms with Crippen LogP contribution in [-0.4, -0.2) is 36.5 Å². The van der Waals surface area contributed by atoms with Crippen LogP contribution in [0.3, 0.4) is 0 Å². The van der Waals surface area contributed by atoms with Gasteiger partial charge in [0.2, 0.25) is 0 Å². The molecule has 0 aliphatic heterocycles. The Morgan fingerprint density at radius 3 is 2.38 bits per heavy atom. The molecule has 1 atom stereocenters. The molecule has 0 fully saturated rings. The zero-order valence-electron chi connectivity index (χ0n) is 13.6. The van der Waals surface area contributed by atoms with Crippen molar-refractivity contribution < 1.29 is 4.79 Å². The van der Waals surface area contributed by atoms with Gasteiger partial charge in [-0.15, -0.1) is 0 Å². The van der Waals surface area contributed by atoms with Crippen LogP contribution < -0.4 is 11.1 Å². The van der Waals surface area contributed by atoms with Gasteiger partial charge in [0.25, 0.3) is 5.91 Å². The van der Waals surface area contributed by atoms with E-state index in [1.807, 2.05) is 24.3 Å². The first kappa shape index (κ1) is 17.7. The number of nitrogens with zero attached hydrogens (tertiary/aromatic N) is 1. The van der Waals surface area contributed by atoms with Crippen LogP contribution in [0.4, 0.5) is 0 Å². The van der Waals surface area contributed by atoms with Crippen molar-refractivity contribution in [2.45, 2.75) is 46.2 Å². The van der Waals surface area contributed by atoms with E-state index in [1.165, 1.54) is 0 Å². The van der Waals surface area contributed by atoms with E-state index < -0.39 is 0 Å². The Morgan fingerprint density at radius 2 is 1.86 bits per heavy atom. The molecule has 0 aromatic heterocycles. The van der Waals surface area contributed by atoms with E-state index in [1.54, 1.807) is 0 Å². The number of hydrogen-bond donors (Lipinski definition) is 2. The van der Waals surface area contributed by atoms with Crippen molar-refractivity contribution in [3.05, 3.63) is 35.4 Å². The lowest BCUT2D eigenvalue weighted by Crippen LogP contribution is -2.33. The molecule has 1 rings (SSSR count). The van der Waals surface area contributed by atoms with Crippen molar-refractivity contribution >= 4 is 5.91 Å². The molecule has 1 aromatic rings. The maximum atomic E-state index is 12.1. The van der Waals surface area contributed by atoms with Crippen molar-refractivity contribution in [3.63, 3.8) is 0 Å². The number of nitrogens with one attached hydrogen (secondary N) is 1. The monoisotopic (exact) mass is 291 g/mol. The van der Waals surface area contributed by atoms with Crippen molar-refractivity contribution in [1.29, 1.82) is 0 Å². The number of hydrogen-bond acceptors (Lipinski definition) is 3. The Kier molecular flexibility index (Phi) is 8.01. The fourth-order valence-corrected chi connectivity index (χ4v) is 2.33. The maximum Gasteiger partial charge on any atom is 0.251 e. The second-order valence-electron chi connectivity index (χ2n) is 5.44. The molecule has 0 bridgehead atoms. The summed E-state index contributed by atoms with van der Waals surface area (Å²) in [5.41, 5.74) is 7.29. The summed E-state index contributed by atoms with van der Waals surface area (Å²) in [5.74, 6) is -0.00564. The van der Waals surface area contributed by atoms with Gasteiger partial charge in [-0.2, -0.15) is 0 Å². The van der Waals surface area contributed by atoms with E-state index in [9.17, 15) is 4.79 Å². The summed E-state index contributed by atoms with van der Waals surface area (Å²) in [4.78, 5) is 14.5. The number of carbonyl (C=O) groups is 1. The first-order valence-electron chi connectivity index (χ1n) is 7.92. The topological polar surface area (TPSA) is 58.4 Å². The quantitative estimate of drug-likeness (QED) is 0.734.